The van der Waals surface area contributed by atoms with Crippen molar-refractivity contribution >= 4 is 0 Å². The molecule has 180 valence electrons. The maximum atomic E-state index is 5.14. The Morgan fingerprint density at radius 1 is 0.636 bits per heavy atom. The van der Waals surface area contributed by atoms with Gasteiger partial charge in [-0.1, -0.05) is 47.6 Å². The third-order valence-electron chi connectivity index (χ3n) is 4.69. The first-order chi connectivity index (χ1) is 15.7. The zero-order chi connectivity index (χ0) is 24.8. The summed E-state index contributed by atoms with van der Waals surface area (Å²) in [4.78, 5) is 12.7. The summed E-state index contributed by atoms with van der Waals surface area (Å²) in [7, 11) is 4.97. The third-order valence-corrected chi connectivity index (χ3v) is 4.69. The molecule has 0 spiro atoms. The van der Waals surface area contributed by atoms with E-state index in [-0.39, 0.29) is 0 Å². The predicted molar refractivity (Wildman–Crippen MR) is 135 cm³/mol. The predicted octanol–water partition coefficient (Wildman–Crippen LogP) is 6.64. The van der Waals surface area contributed by atoms with Gasteiger partial charge in [-0.25, -0.2) is 4.98 Å². The average molecular weight is 454 g/mol. The fourth-order valence-corrected chi connectivity index (χ4v) is 2.75. The molecule has 0 bridgehead atoms. The molecule has 0 aliphatic rings. The van der Waals surface area contributed by atoms with Crippen LogP contribution in [0.5, 0.6) is 17.4 Å². The number of rotatable bonds is 6. The van der Waals surface area contributed by atoms with Gasteiger partial charge in [0.25, 0.3) is 0 Å². The molecule has 3 aromatic heterocycles. The van der Waals surface area contributed by atoms with E-state index in [0.29, 0.717) is 23.6 Å². The van der Waals surface area contributed by atoms with Gasteiger partial charge in [-0.3, -0.25) is 9.97 Å². The van der Waals surface area contributed by atoms with Crippen LogP contribution in [0, 0.1) is 0 Å². The molecule has 0 saturated carbocycles. The quantitative estimate of drug-likeness (QED) is 0.417. The first kappa shape index (κ1) is 27.9. The summed E-state index contributed by atoms with van der Waals surface area (Å²) >= 11 is 0. The molecule has 0 amide bonds. The van der Waals surface area contributed by atoms with Crippen molar-refractivity contribution in [1.29, 1.82) is 0 Å². The molecule has 0 unspecified atom stereocenters. The number of hydrogen-bond acceptors (Lipinski definition) is 6. The minimum absolute atomic E-state index is 0.422. The van der Waals surface area contributed by atoms with E-state index in [4.69, 9.17) is 14.2 Å². The number of methoxy groups -OCH3 is 3. The molecule has 6 heteroatoms. The smallest absolute Gasteiger partial charge is 0.213 e. The maximum absolute atomic E-state index is 5.14. The van der Waals surface area contributed by atoms with Crippen LogP contribution >= 0.6 is 0 Å². The standard InChI is InChI=1S/3C9H13NO/c1-7(2)9-6-8(11-3)4-5-10-9;1-7(2)9-8(11-3)5-4-6-10-9;1-7(2)8-5-4-6-9(10-8)11-3/h3*4-7H,1-3H3. The summed E-state index contributed by atoms with van der Waals surface area (Å²) in [5.41, 5.74) is 3.17. The van der Waals surface area contributed by atoms with Gasteiger partial charge in [0.2, 0.25) is 5.88 Å². The van der Waals surface area contributed by atoms with E-state index in [0.717, 1.165) is 28.6 Å². The van der Waals surface area contributed by atoms with Crippen LogP contribution in [0.15, 0.2) is 54.9 Å². The van der Waals surface area contributed by atoms with Gasteiger partial charge in [-0.15, -0.1) is 0 Å². The number of pyridine rings is 3. The Labute approximate surface area is 199 Å². The van der Waals surface area contributed by atoms with Crippen molar-refractivity contribution in [3.05, 3.63) is 71.9 Å². The van der Waals surface area contributed by atoms with Gasteiger partial charge in [0.15, 0.2) is 0 Å². The zero-order valence-corrected chi connectivity index (χ0v) is 21.5. The van der Waals surface area contributed by atoms with Crippen molar-refractivity contribution < 1.29 is 14.2 Å². The average Bonchev–Trinajstić information content (AvgIpc) is 2.84. The highest BCUT2D eigenvalue weighted by molar-refractivity contribution is 5.28. The molecule has 0 atom stereocenters. The summed E-state index contributed by atoms with van der Waals surface area (Å²) in [6, 6.07) is 13.4. The fraction of sp³-hybridized carbons (Fsp3) is 0.444. The molecular formula is C27H39N3O3. The van der Waals surface area contributed by atoms with E-state index in [1.807, 2.05) is 42.5 Å². The van der Waals surface area contributed by atoms with E-state index < -0.39 is 0 Å². The molecule has 3 aromatic rings. The van der Waals surface area contributed by atoms with Crippen molar-refractivity contribution in [3.63, 3.8) is 0 Å². The first-order valence-electron chi connectivity index (χ1n) is 11.2. The normalized spacial score (nSPS) is 10.2. The lowest BCUT2D eigenvalue weighted by Gasteiger charge is -2.08. The second-order valence-corrected chi connectivity index (χ2v) is 8.28. The maximum Gasteiger partial charge on any atom is 0.213 e. The molecule has 0 N–H and O–H groups in total. The summed E-state index contributed by atoms with van der Waals surface area (Å²) < 4.78 is 15.2. The van der Waals surface area contributed by atoms with E-state index in [2.05, 4.69) is 56.5 Å². The molecular weight excluding hydrogens is 414 g/mol. The Hall–Kier alpha value is -3.15. The summed E-state index contributed by atoms with van der Waals surface area (Å²) in [5.74, 6) is 3.80. The van der Waals surface area contributed by atoms with E-state index >= 15 is 0 Å². The van der Waals surface area contributed by atoms with Crippen LogP contribution in [0.25, 0.3) is 0 Å². The lowest BCUT2D eigenvalue weighted by atomic mass is 10.1. The zero-order valence-electron chi connectivity index (χ0n) is 21.5. The van der Waals surface area contributed by atoms with Gasteiger partial charge in [-0.05, 0) is 42.0 Å². The SMILES string of the molecule is COc1cccc(C(C)C)n1.COc1cccnc1C(C)C.COc1ccnc(C(C)C)c1. The number of aromatic nitrogens is 3. The Balaban J connectivity index is 0.000000247. The van der Waals surface area contributed by atoms with Crippen LogP contribution in [0.1, 0.15) is 76.4 Å². The summed E-state index contributed by atoms with van der Waals surface area (Å²) in [6.45, 7) is 12.7. The van der Waals surface area contributed by atoms with Gasteiger partial charge in [0.1, 0.15) is 11.5 Å². The van der Waals surface area contributed by atoms with Crippen molar-refractivity contribution in [2.45, 2.75) is 59.3 Å². The van der Waals surface area contributed by atoms with Gasteiger partial charge < -0.3 is 14.2 Å². The Bertz CT molecular complexity index is 892. The van der Waals surface area contributed by atoms with Crippen molar-refractivity contribution in [2.24, 2.45) is 0 Å². The molecule has 3 heterocycles. The third kappa shape index (κ3) is 9.89. The Kier molecular flexibility index (Phi) is 12.5. The summed E-state index contributed by atoms with van der Waals surface area (Å²) in [5, 5.41) is 0. The minimum Gasteiger partial charge on any atom is -0.497 e. The molecule has 0 aliphatic heterocycles. The monoisotopic (exact) mass is 453 g/mol. The first-order valence-corrected chi connectivity index (χ1v) is 11.2. The second-order valence-electron chi connectivity index (χ2n) is 8.28. The van der Waals surface area contributed by atoms with Crippen LogP contribution < -0.4 is 14.2 Å². The second kappa shape index (κ2) is 14.8. The van der Waals surface area contributed by atoms with Gasteiger partial charge in [-0.2, -0.15) is 0 Å². The van der Waals surface area contributed by atoms with Crippen LogP contribution in [0.3, 0.4) is 0 Å². The van der Waals surface area contributed by atoms with Crippen molar-refractivity contribution in [2.75, 3.05) is 21.3 Å². The van der Waals surface area contributed by atoms with Crippen LogP contribution in [-0.4, -0.2) is 36.3 Å². The highest BCUT2D eigenvalue weighted by atomic mass is 16.5. The highest BCUT2D eigenvalue weighted by Gasteiger charge is 2.06. The van der Waals surface area contributed by atoms with Gasteiger partial charge in [0, 0.05) is 35.9 Å². The van der Waals surface area contributed by atoms with Gasteiger partial charge in [0.05, 0.1) is 27.0 Å². The minimum atomic E-state index is 0.422. The van der Waals surface area contributed by atoms with E-state index in [1.54, 1.807) is 33.7 Å². The molecule has 33 heavy (non-hydrogen) atoms. The lowest BCUT2D eigenvalue weighted by molar-refractivity contribution is 0.395. The molecule has 0 aromatic carbocycles. The molecule has 3 rings (SSSR count). The highest BCUT2D eigenvalue weighted by Crippen LogP contribution is 2.22. The largest absolute Gasteiger partial charge is 0.497 e. The van der Waals surface area contributed by atoms with Crippen LogP contribution in [-0.2, 0) is 0 Å². The summed E-state index contributed by atoms with van der Waals surface area (Å²) in [6.07, 6.45) is 3.56. The fourth-order valence-electron chi connectivity index (χ4n) is 2.75. The lowest BCUT2D eigenvalue weighted by Crippen LogP contribution is -1.96. The molecule has 0 saturated heterocycles. The van der Waals surface area contributed by atoms with Crippen molar-refractivity contribution in [1.82, 2.24) is 15.0 Å². The number of ether oxygens (including phenoxy) is 3. The Morgan fingerprint density at radius 3 is 1.85 bits per heavy atom. The molecule has 0 fully saturated rings. The van der Waals surface area contributed by atoms with Crippen molar-refractivity contribution in [3.8, 4) is 17.4 Å². The van der Waals surface area contributed by atoms with Gasteiger partial charge >= 0.3 is 0 Å². The Morgan fingerprint density at radius 2 is 1.33 bits per heavy atom. The topological polar surface area (TPSA) is 66.4 Å². The van der Waals surface area contributed by atoms with E-state index in [9.17, 15) is 0 Å². The van der Waals surface area contributed by atoms with Crippen LogP contribution in [0.4, 0.5) is 0 Å². The molecule has 0 aliphatic carbocycles. The number of nitrogens with zero attached hydrogens (tertiary/aromatic N) is 3. The van der Waals surface area contributed by atoms with Crippen LogP contribution in [0.2, 0.25) is 0 Å². The molecule has 6 nitrogen and oxygen atoms in total. The molecule has 0 radical (unpaired) electrons. The van der Waals surface area contributed by atoms with E-state index in [1.165, 1.54) is 0 Å². The number of hydrogen-bond donors (Lipinski definition) is 0.